The van der Waals surface area contributed by atoms with Gasteiger partial charge in [-0.15, -0.1) is 0 Å². The first-order valence-corrected chi connectivity index (χ1v) is 7.44. The van der Waals surface area contributed by atoms with E-state index in [1.807, 2.05) is 11.8 Å². The van der Waals surface area contributed by atoms with E-state index >= 15 is 0 Å². The van der Waals surface area contributed by atoms with Crippen LogP contribution in [0.25, 0.3) is 0 Å². The quantitative estimate of drug-likeness (QED) is 0.832. The number of nitrogens with zero attached hydrogens (tertiary/aromatic N) is 1. The molecule has 0 bridgehead atoms. The van der Waals surface area contributed by atoms with Gasteiger partial charge in [0.05, 0.1) is 0 Å². The van der Waals surface area contributed by atoms with Gasteiger partial charge >= 0.3 is 0 Å². The molecule has 1 heterocycles. The van der Waals surface area contributed by atoms with E-state index in [2.05, 4.69) is 26.1 Å². The van der Waals surface area contributed by atoms with Crippen molar-refractivity contribution in [3.63, 3.8) is 0 Å². The highest BCUT2D eigenvalue weighted by Crippen LogP contribution is 2.28. The van der Waals surface area contributed by atoms with Gasteiger partial charge in [-0.25, -0.2) is 0 Å². The van der Waals surface area contributed by atoms with Crippen molar-refractivity contribution < 1.29 is 9.59 Å². The van der Waals surface area contributed by atoms with Crippen molar-refractivity contribution in [2.75, 3.05) is 0 Å². The normalized spacial score (nSPS) is 24.6. The Balaban J connectivity index is 3.19. The Kier molecular flexibility index (Phi) is 4.99. The molecule has 19 heavy (non-hydrogen) atoms. The minimum atomic E-state index is -0.788. The molecule has 0 aliphatic carbocycles. The number of piperazine rings is 1. The van der Waals surface area contributed by atoms with Crippen LogP contribution in [-0.2, 0) is 9.59 Å². The first-order valence-electron chi connectivity index (χ1n) is 7.44. The summed E-state index contributed by atoms with van der Waals surface area (Å²) in [5, 5.41) is 2.87. The fourth-order valence-electron chi connectivity index (χ4n) is 2.84. The van der Waals surface area contributed by atoms with E-state index < -0.39 is 5.54 Å². The minimum absolute atomic E-state index is 0.00847. The lowest BCUT2D eigenvalue weighted by Gasteiger charge is -2.48. The smallest absolute Gasteiger partial charge is 0.248 e. The van der Waals surface area contributed by atoms with Crippen molar-refractivity contribution in [2.45, 2.75) is 78.4 Å². The zero-order valence-electron chi connectivity index (χ0n) is 13.1. The highest BCUT2D eigenvalue weighted by atomic mass is 16.2. The summed E-state index contributed by atoms with van der Waals surface area (Å²) in [5.74, 6) is 0.220. The van der Waals surface area contributed by atoms with Gasteiger partial charge < -0.3 is 10.2 Å². The van der Waals surface area contributed by atoms with Gasteiger partial charge in [-0.05, 0) is 32.6 Å². The third-order valence-corrected chi connectivity index (χ3v) is 4.29. The molecular weight excluding hydrogens is 240 g/mol. The zero-order chi connectivity index (χ0) is 14.8. The summed E-state index contributed by atoms with van der Waals surface area (Å²) >= 11 is 0. The van der Waals surface area contributed by atoms with Crippen LogP contribution in [-0.4, -0.2) is 34.3 Å². The fraction of sp³-hybridized carbons (Fsp3) is 0.867. The van der Waals surface area contributed by atoms with Gasteiger partial charge in [0.25, 0.3) is 0 Å². The Hall–Kier alpha value is -1.06. The largest absolute Gasteiger partial charge is 0.340 e. The Labute approximate surface area is 116 Å². The summed E-state index contributed by atoms with van der Waals surface area (Å²) in [4.78, 5) is 26.9. The average molecular weight is 268 g/mol. The molecule has 0 spiro atoms. The summed E-state index contributed by atoms with van der Waals surface area (Å²) in [6.45, 7) is 11.8. The summed E-state index contributed by atoms with van der Waals surface area (Å²) in [6.07, 6.45) is 2.67. The molecule has 1 aliphatic heterocycles. The summed E-state index contributed by atoms with van der Waals surface area (Å²) < 4.78 is 0. The van der Waals surface area contributed by atoms with E-state index in [1.165, 1.54) is 0 Å². The second kappa shape index (κ2) is 5.93. The van der Waals surface area contributed by atoms with Crippen molar-refractivity contribution in [3.8, 4) is 0 Å². The van der Waals surface area contributed by atoms with Crippen LogP contribution in [0, 0.1) is 5.92 Å². The second-order valence-electron chi connectivity index (χ2n) is 6.13. The predicted octanol–water partition coefficient (Wildman–Crippen LogP) is 2.33. The number of carbonyl (C=O) groups is 2. The van der Waals surface area contributed by atoms with Gasteiger partial charge in [0.2, 0.25) is 11.8 Å². The fourth-order valence-corrected chi connectivity index (χ4v) is 2.84. The summed E-state index contributed by atoms with van der Waals surface area (Å²) in [5.41, 5.74) is -0.788. The number of nitrogens with one attached hydrogen (secondary N) is 1. The van der Waals surface area contributed by atoms with Crippen LogP contribution >= 0.6 is 0 Å². The molecule has 2 unspecified atom stereocenters. The molecule has 1 N–H and O–H groups in total. The van der Waals surface area contributed by atoms with Crippen LogP contribution in [0.15, 0.2) is 0 Å². The lowest BCUT2D eigenvalue weighted by molar-refractivity contribution is -0.159. The van der Waals surface area contributed by atoms with E-state index in [9.17, 15) is 9.59 Å². The highest BCUT2D eigenvalue weighted by Gasteiger charge is 2.48. The molecule has 0 aromatic heterocycles. The molecule has 1 saturated heterocycles. The maximum Gasteiger partial charge on any atom is 0.248 e. The van der Waals surface area contributed by atoms with E-state index in [0.717, 1.165) is 19.3 Å². The molecule has 2 amide bonds. The van der Waals surface area contributed by atoms with Gasteiger partial charge in [0.1, 0.15) is 11.6 Å². The summed E-state index contributed by atoms with van der Waals surface area (Å²) in [7, 11) is 0. The van der Waals surface area contributed by atoms with E-state index in [4.69, 9.17) is 0 Å². The van der Waals surface area contributed by atoms with Crippen LogP contribution in [0.5, 0.6) is 0 Å². The molecule has 0 radical (unpaired) electrons. The number of hydrogen-bond acceptors (Lipinski definition) is 2. The molecular formula is C15H28N2O2. The monoisotopic (exact) mass is 268 g/mol. The maximum absolute atomic E-state index is 12.7. The topological polar surface area (TPSA) is 49.4 Å². The second-order valence-corrected chi connectivity index (χ2v) is 6.13. The zero-order valence-corrected chi connectivity index (χ0v) is 13.1. The van der Waals surface area contributed by atoms with Crippen LogP contribution in [0.4, 0.5) is 0 Å². The first-order chi connectivity index (χ1) is 8.80. The molecule has 0 aromatic carbocycles. The molecule has 2 atom stereocenters. The average Bonchev–Trinajstić information content (AvgIpc) is 2.35. The van der Waals surface area contributed by atoms with Crippen LogP contribution in [0.1, 0.15) is 60.8 Å². The van der Waals surface area contributed by atoms with Crippen molar-refractivity contribution in [2.24, 2.45) is 5.92 Å². The third-order valence-electron chi connectivity index (χ3n) is 4.29. The van der Waals surface area contributed by atoms with Crippen molar-refractivity contribution in [3.05, 3.63) is 0 Å². The van der Waals surface area contributed by atoms with E-state index in [1.54, 1.807) is 13.8 Å². The van der Waals surface area contributed by atoms with Crippen molar-refractivity contribution >= 4 is 11.8 Å². The highest BCUT2D eigenvalue weighted by molar-refractivity contribution is 5.99. The molecule has 1 rings (SSSR count). The number of carbonyl (C=O) groups excluding carboxylic acids is 2. The maximum atomic E-state index is 12.7. The molecule has 1 fully saturated rings. The van der Waals surface area contributed by atoms with Crippen LogP contribution in [0.2, 0.25) is 0 Å². The van der Waals surface area contributed by atoms with E-state index in [0.29, 0.717) is 0 Å². The Morgan fingerprint density at radius 1 is 1.16 bits per heavy atom. The molecule has 1 aliphatic rings. The molecule has 0 aromatic rings. The molecule has 0 saturated carbocycles. The van der Waals surface area contributed by atoms with Gasteiger partial charge in [-0.1, -0.05) is 34.1 Å². The molecule has 4 heteroatoms. The first kappa shape index (κ1) is 16.0. The van der Waals surface area contributed by atoms with E-state index in [-0.39, 0.29) is 29.8 Å². The lowest BCUT2D eigenvalue weighted by Crippen LogP contribution is -2.71. The lowest BCUT2D eigenvalue weighted by atomic mass is 9.87. The standard InChI is InChI=1S/C15H28N2O2/c1-7-10(4)12-13(18)16-15(5,6)14(19)17(12)11(8-2)9-3/h10-12H,7-9H2,1-6H3,(H,16,18). The van der Waals surface area contributed by atoms with Gasteiger partial charge in [-0.2, -0.15) is 0 Å². The molecule has 4 nitrogen and oxygen atoms in total. The number of hydrogen-bond donors (Lipinski definition) is 1. The SMILES string of the molecule is CCC(C)C1C(=O)NC(C)(C)C(=O)N1C(CC)CC. The predicted molar refractivity (Wildman–Crippen MR) is 76.7 cm³/mol. The van der Waals surface area contributed by atoms with Crippen LogP contribution in [0.3, 0.4) is 0 Å². The van der Waals surface area contributed by atoms with Crippen LogP contribution < -0.4 is 5.32 Å². The van der Waals surface area contributed by atoms with Crippen molar-refractivity contribution in [1.29, 1.82) is 0 Å². The Morgan fingerprint density at radius 2 is 1.68 bits per heavy atom. The van der Waals surface area contributed by atoms with Gasteiger partial charge in [0.15, 0.2) is 0 Å². The third kappa shape index (κ3) is 2.93. The Bertz CT molecular complexity index is 348. The van der Waals surface area contributed by atoms with Gasteiger partial charge in [-0.3, -0.25) is 9.59 Å². The van der Waals surface area contributed by atoms with Crippen molar-refractivity contribution in [1.82, 2.24) is 10.2 Å². The van der Waals surface area contributed by atoms with Gasteiger partial charge in [0, 0.05) is 6.04 Å². The number of rotatable bonds is 5. The summed E-state index contributed by atoms with van der Waals surface area (Å²) in [6, 6.07) is -0.174. The number of amides is 2. The molecule has 110 valence electrons. The minimum Gasteiger partial charge on any atom is -0.340 e. The Morgan fingerprint density at radius 3 is 2.11 bits per heavy atom.